The maximum Gasteiger partial charge on any atom is 0.166 e. The number of benzene rings is 3. The Labute approximate surface area is 257 Å². The lowest BCUT2D eigenvalue weighted by molar-refractivity contribution is 0.155. The lowest BCUT2D eigenvalue weighted by Crippen LogP contribution is -2.25. The summed E-state index contributed by atoms with van der Waals surface area (Å²) in [5.41, 5.74) is 3.54. The van der Waals surface area contributed by atoms with E-state index in [2.05, 4.69) is 13.0 Å². The average molecular weight is 587 g/mol. The summed E-state index contributed by atoms with van der Waals surface area (Å²) in [6.07, 6.45) is 21.1. The third kappa shape index (κ3) is 7.83. The summed E-state index contributed by atoms with van der Waals surface area (Å²) in [6.45, 7) is 4.30. The van der Waals surface area contributed by atoms with Crippen molar-refractivity contribution in [3.63, 3.8) is 0 Å². The van der Waals surface area contributed by atoms with Crippen molar-refractivity contribution < 1.29 is 13.2 Å². The molecule has 0 unspecified atom stereocenters. The van der Waals surface area contributed by atoms with Gasteiger partial charge in [-0.05, 0) is 103 Å². The fourth-order valence-electron chi connectivity index (χ4n) is 7.75. The summed E-state index contributed by atoms with van der Waals surface area (Å²) in [5, 5.41) is 0. The van der Waals surface area contributed by atoms with Gasteiger partial charge in [-0.1, -0.05) is 113 Å². The van der Waals surface area contributed by atoms with E-state index >= 15 is 4.39 Å². The molecule has 43 heavy (non-hydrogen) atoms. The highest BCUT2D eigenvalue weighted by atomic mass is 19.2. The first-order valence-corrected chi connectivity index (χ1v) is 17.0. The van der Waals surface area contributed by atoms with Gasteiger partial charge in [-0.15, -0.1) is 0 Å². The highest BCUT2D eigenvalue weighted by Gasteiger charge is 2.31. The lowest BCUT2D eigenvalue weighted by Gasteiger charge is -2.38. The Balaban J connectivity index is 1.17. The molecule has 0 atom stereocenters. The predicted molar refractivity (Wildman–Crippen MR) is 175 cm³/mol. The summed E-state index contributed by atoms with van der Waals surface area (Å²) >= 11 is 0. The Morgan fingerprint density at radius 2 is 1.28 bits per heavy atom. The fraction of sp³-hybridized carbons (Fsp3) is 0.500. The number of halogens is 3. The maximum absolute atomic E-state index is 15.4. The summed E-state index contributed by atoms with van der Waals surface area (Å²) in [6, 6.07) is 16.1. The first-order chi connectivity index (χ1) is 21.0. The first kappa shape index (κ1) is 31.6. The van der Waals surface area contributed by atoms with Gasteiger partial charge in [-0.2, -0.15) is 0 Å². The van der Waals surface area contributed by atoms with E-state index in [9.17, 15) is 8.78 Å². The van der Waals surface area contributed by atoms with Crippen molar-refractivity contribution in [2.24, 2.45) is 17.8 Å². The smallest absolute Gasteiger partial charge is 0.166 e. The Hall–Kier alpha value is -2.81. The van der Waals surface area contributed by atoms with Gasteiger partial charge < -0.3 is 0 Å². The molecule has 3 aromatic rings. The van der Waals surface area contributed by atoms with Gasteiger partial charge in [0.05, 0.1) is 0 Å². The van der Waals surface area contributed by atoms with E-state index in [4.69, 9.17) is 0 Å². The molecule has 3 aromatic carbocycles. The van der Waals surface area contributed by atoms with Crippen LogP contribution >= 0.6 is 0 Å². The highest BCUT2D eigenvalue weighted by molar-refractivity contribution is 5.71. The van der Waals surface area contributed by atoms with E-state index < -0.39 is 11.6 Å². The zero-order valence-corrected chi connectivity index (χ0v) is 26.2. The maximum atomic E-state index is 15.4. The van der Waals surface area contributed by atoms with Crippen molar-refractivity contribution in [1.29, 1.82) is 0 Å². The molecular weight excluding hydrogens is 537 g/mol. The number of hydrogen-bond donors (Lipinski definition) is 0. The largest absolute Gasteiger partial charge is 0.206 e. The second-order valence-electron chi connectivity index (χ2n) is 13.2. The van der Waals surface area contributed by atoms with E-state index in [1.54, 1.807) is 42.5 Å². The molecule has 0 nitrogen and oxygen atoms in total. The van der Waals surface area contributed by atoms with Crippen molar-refractivity contribution in [2.45, 2.75) is 110 Å². The highest BCUT2D eigenvalue weighted by Crippen LogP contribution is 2.45. The molecule has 0 bridgehead atoms. The first-order valence-electron chi connectivity index (χ1n) is 17.0. The second-order valence-corrected chi connectivity index (χ2v) is 13.2. The van der Waals surface area contributed by atoms with Gasteiger partial charge in [0.2, 0.25) is 0 Å². The van der Waals surface area contributed by atoms with Crippen LogP contribution in [-0.2, 0) is 6.42 Å². The van der Waals surface area contributed by atoms with Crippen LogP contribution in [0.25, 0.3) is 22.3 Å². The van der Waals surface area contributed by atoms with Gasteiger partial charge in [-0.3, -0.25) is 0 Å². The summed E-state index contributed by atoms with van der Waals surface area (Å²) in [7, 11) is 0. The predicted octanol–water partition coefficient (Wildman–Crippen LogP) is 12.6. The zero-order chi connectivity index (χ0) is 30.2. The van der Waals surface area contributed by atoms with Gasteiger partial charge in [0.15, 0.2) is 11.6 Å². The van der Waals surface area contributed by atoms with Crippen molar-refractivity contribution in [2.75, 3.05) is 0 Å². The molecule has 2 aliphatic rings. The molecule has 2 fully saturated rings. The standard InChI is InChI=1S/C40H49F3/c1-3-5-7-9-28-11-13-29(14-12-28)30-15-17-31(18-16-30)35-24-25-36(38(41)27-35)32-19-21-33(22-20-32)37-26-23-34(10-8-6-4-2)39(42)40(37)43/h6,8,19-31H,3-5,7,9-18H2,1-2H3/b8-6-. The third-order valence-electron chi connectivity index (χ3n) is 10.4. The molecule has 0 amide bonds. The van der Waals surface area contributed by atoms with Crippen LogP contribution in [0, 0.1) is 35.2 Å². The van der Waals surface area contributed by atoms with Crippen LogP contribution in [0.4, 0.5) is 13.2 Å². The third-order valence-corrected chi connectivity index (χ3v) is 10.4. The monoisotopic (exact) mass is 586 g/mol. The number of unbranched alkanes of at least 4 members (excludes halogenated alkanes) is 2. The van der Waals surface area contributed by atoms with Crippen molar-refractivity contribution in [1.82, 2.24) is 0 Å². The van der Waals surface area contributed by atoms with Crippen LogP contribution in [0.15, 0.2) is 66.7 Å². The number of hydrogen-bond acceptors (Lipinski definition) is 0. The second kappa shape index (κ2) is 15.3. The Kier molecular flexibility index (Phi) is 11.2. The summed E-state index contributed by atoms with van der Waals surface area (Å²) < 4.78 is 45.0. The van der Waals surface area contributed by atoms with Gasteiger partial charge >= 0.3 is 0 Å². The molecule has 2 saturated carbocycles. The van der Waals surface area contributed by atoms with Crippen LogP contribution in [0.2, 0.25) is 0 Å². The molecular formula is C40H49F3. The van der Waals surface area contributed by atoms with E-state index in [0.29, 0.717) is 29.0 Å². The Bertz CT molecular complexity index is 1340. The zero-order valence-electron chi connectivity index (χ0n) is 26.2. The van der Waals surface area contributed by atoms with Crippen molar-refractivity contribution >= 4 is 0 Å². The minimum atomic E-state index is -0.838. The molecule has 0 aliphatic heterocycles. The van der Waals surface area contributed by atoms with E-state index in [0.717, 1.165) is 48.1 Å². The van der Waals surface area contributed by atoms with Gasteiger partial charge in [0.1, 0.15) is 5.82 Å². The number of rotatable bonds is 11. The Morgan fingerprint density at radius 1 is 0.651 bits per heavy atom. The van der Waals surface area contributed by atoms with Crippen LogP contribution in [0.5, 0.6) is 0 Å². The topological polar surface area (TPSA) is 0 Å². The molecule has 0 saturated heterocycles. The molecule has 0 heterocycles. The molecule has 0 aromatic heterocycles. The molecule has 230 valence electrons. The average Bonchev–Trinajstić information content (AvgIpc) is 3.04. The van der Waals surface area contributed by atoms with E-state index in [-0.39, 0.29) is 11.4 Å². The molecule has 0 N–H and O–H groups in total. The van der Waals surface area contributed by atoms with Crippen molar-refractivity contribution in [3.05, 3.63) is 95.3 Å². The molecule has 3 heteroatoms. The van der Waals surface area contributed by atoms with E-state index in [1.165, 1.54) is 64.2 Å². The molecule has 0 spiro atoms. The van der Waals surface area contributed by atoms with Crippen LogP contribution in [0.1, 0.15) is 114 Å². The van der Waals surface area contributed by atoms with Crippen LogP contribution in [-0.4, -0.2) is 0 Å². The summed E-state index contributed by atoms with van der Waals surface area (Å²) in [5.74, 6) is 1.30. The Morgan fingerprint density at radius 3 is 1.91 bits per heavy atom. The lowest BCUT2D eigenvalue weighted by atomic mass is 9.68. The minimum absolute atomic E-state index is 0.213. The van der Waals surface area contributed by atoms with Gasteiger partial charge in [0, 0.05) is 11.1 Å². The molecule has 0 radical (unpaired) electrons. The molecule has 5 rings (SSSR count). The van der Waals surface area contributed by atoms with E-state index in [1.807, 2.05) is 25.1 Å². The van der Waals surface area contributed by atoms with Crippen LogP contribution in [0.3, 0.4) is 0 Å². The van der Waals surface area contributed by atoms with Gasteiger partial charge in [-0.25, -0.2) is 13.2 Å². The summed E-state index contributed by atoms with van der Waals surface area (Å²) in [4.78, 5) is 0. The van der Waals surface area contributed by atoms with Crippen molar-refractivity contribution in [3.8, 4) is 22.3 Å². The normalized spacial score (nSPS) is 22.7. The van der Waals surface area contributed by atoms with Gasteiger partial charge in [0.25, 0.3) is 0 Å². The van der Waals surface area contributed by atoms with Crippen LogP contribution < -0.4 is 0 Å². The fourth-order valence-corrected chi connectivity index (χ4v) is 7.75. The quantitative estimate of drug-likeness (QED) is 0.155. The molecule has 2 aliphatic carbocycles. The minimum Gasteiger partial charge on any atom is -0.206 e. The SMILES string of the molecule is CC/C=C\Cc1ccc(-c2ccc(-c3ccc(C4CCC(C5CCC(CCCCC)CC5)CC4)cc3F)cc2)c(F)c1F. The number of allylic oxidation sites excluding steroid dienone is 2.